The normalized spacial score (nSPS) is 11.3. The lowest BCUT2D eigenvalue weighted by atomic mass is 10.2. The number of sulfonamides is 1. The molecule has 0 spiro atoms. The number of hydrogen-bond donors (Lipinski definition) is 1. The minimum atomic E-state index is -3.67. The van der Waals surface area contributed by atoms with E-state index in [1.807, 2.05) is 0 Å². The Balaban J connectivity index is 2.13. The van der Waals surface area contributed by atoms with Gasteiger partial charge >= 0.3 is 0 Å². The summed E-state index contributed by atoms with van der Waals surface area (Å²) in [4.78, 5) is 12.3. The summed E-state index contributed by atoms with van der Waals surface area (Å²) in [5, 5.41) is 3.98. The van der Waals surface area contributed by atoms with Crippen molar-refractivity contribution in [1.29, 1.82) is 0 Å². The smallest absolute Gasteiger partial charge is 0.241 e. The zero-order valence-corrected chi connectivity index (χ0v) is 17.2. The summed E-state index contributed by atoms with van der Waals surface area (Å²) in [6.07, 6.45) is 1.03. The first-order chi connectivity index (χ1) is 12.1. The van der Waals surface area contributed by atoms with Gasteiger partial charge < -0.3 is 5.32 Å². The number of anilines is 1. The summed E-state index contributed by atoms with van der Waals surface area (Å²) in [6, 6.07) is 9.74. The van der Waals surface area contributed by atoms with E-state index in [1.54, 1.807) is 37.3 Å². The first-order valence-corrected chi connectivity index (χ1v) is 10.5. The molecule has 2 aromatic rings. The minimum absolute atomic E-state index is 0.154. The molecule has 9 heteroatoms. The lowest BCUT2D eigenvalue weighted by molar-refractivity contribution is -0.119. The van der Waals surface area contributed by atoms with Gasteiger partial charge in [0, 0.05) is 21.6 Å². The highest BCUT2D eigenvalue weighted by molar-refractivity contribution is 7.92. The number of amides is 1. The van der Waals surface area contributed by atoms with Crippen molar-refractivity contribution in [2.75, 3.05) is 17.1 Å². The van der Waals surface area contributed by atoms with E-state index >= 15 is 0 Å². The van der Waals surface area contributed by atoms with Crippen LogP contribution in [-0.2, 0) is 21.4 Å². The molecular formula is C17H17Cl3N2O3S. The zero-order chi connectivity index (χ0) is 19.5. The summed E-state index contributed by atoms with van der Waals surface area (Å²) in [5.74, 6) is -0.474. The highest BCUT2D eigenvalue weighted by Crippen LogP contribution is 2.25. The number of halogens is 3. The standard InChI is InChI=1S/C17H17Cl3N2O3S/c1-11-3-6-14(8-15(11)19)22(26(2,24)25)10-17(23)21-9-12-4-5-13(18)7-16(12)20/h3-8H,9-10H2,1-2H3,(H,21,23). The first kappa shape index (κ1) is 20.8. The molecule has 5 nitrogen and oxygen atoms in total. The van der Waals surface area contributed by atoms with Crippen molar-refractivity contribution in [3.63, 3.8) is 0 Å². The number of nitrogens with one attached hydrogen (secondary N) is 1. The summed E-state index contributed by atoms with van der Waals surface area (Å²) in [7, 11) is -3.67. The van der Waals surface area contributed by atoms with Crippen LogP contribution in [0.1, 0.15) is 11.1 Å². The summed E-state index contributed by atoms with van der Waals surface area (Å²) in [5.41, 5.74) is 1.81. The Morgan fingerprint density at radius 3 is 2.35 bits per heavy atom. The summed E-state index contributed by atoms with van der Waals surface area (Å²) >= 11 is 18.0. The first-order valence-electron chi connectivity index (χ1n) is 7.52. The molecule has 0 atom stereocenters. The van der Waals surface area contributed by atoms with Crippen LogP contribution in [0.15, 0.2) is 36.4 Å². The van der Waals surface area contributed by atoms with Crippen molar-refractivity contribution in [2.45, 2.75) is 13.5 Å². The van der Waals surface area contributed by atoms with Gasteiger partial charge in [0.2, 0.25) is 15.9 Å². The van der Waals surface area contributed by atoms with E-state index in [9.17, 15) is 13.2 Å². The maximum absolute atomic E-state index is 12.3. The predicted molar refractivity (Wildman–Crippen MR) is 107 cm³/mol. The molecular weight excluding hydrogens is 419 g/mol. The fourth-order valence-electron chi connectivity index (χ4n) is 2.18. The second-order valence-electron chi connectivity index (χ2n) is 5.72. The molecule has 0 unspecified atom stereocenters. The molecule has 0 saturated carbocycles. The second-order valence-corrected chi connectivity index (χ2v) is 8.87. The van der Waals surface area contributed by atoms with E-state index < -0.39 is 15.9 Å². The molecule has 0 aliphatic rings. The maximum Gasteiger partial charge on any atom is 0.241 e. The molecule has 140 valence electrons. The monoisotopic (exact) mass is 434 g/mol. The summed E-state index contributed by atoms with van der Waals surface area (Å²) in [6.45, 7) is 1.59. The molecule has 0 fully saturated rings. The molecule has 0 bridgehead atoms. The number of benzene rings is 2. The van der Waals surface area contributed by atoms with Crippen LogP contribution in [0, 0.1) is 6.92 Å². The molecule has 26 heavy (non-hydrogen) atoms. The largest absolute Gasteiger partial charge is 0.350 e. The van der Waals surface area contributed by atoms with Crippen molar-refractivity contribution in [3.05, 3.63) is 62.6 Å². The van der Waals surface area contributed by atoms with E-state index in [1.165, 1.54) is 6.07 Å². The van der Waals surface area contributed by atoms with Gasteiger partial charge in [-0.1, -0.05) is 46.9 Å². The lowest BCUT2D eigenvalue weighted by Gasteiger charge is -2.22. The van der Waals surface area contributed by atoms with Gasteiger partial charge in [-0.05, 0) is 42.3 Å². The van der Waals surface area contributed by atoms with Crippen molar-refractivity contribution < 1.29 is 13.2 Å². The van der Waals surface area contributed by atoms with Gasteiger partial charge in [0.05, 0.1) is 11.9 Å². The number of rotatable bonds is 6. The van der Waals surface area contributed by atoms with E-state index in [0.29, 0.717) is 26.3 Å². The zero-order valence-electron chi connectivity index (χ0n) is 14.1. The van der Waals surface area contributed by atoms with E-state index in [-0.39, 0.29) is 13.1 Å². The van der Waals surface area contributed by atoms with Crippen LogP contribution in [0.4, 0.5) is 5.69 Å². The van der Waals surface area contributed by atoms with Crippen LogP contribution in [0.25, 0.3) is 0 Å². The number of nitrogens with zero attached hydrogens (tertiary/aromatic N) is 1. The highest BCUT2D eigenvalue weighted by atomic mass is 35.5. The van der Waals surface area contributed by atoms with E-state index in [0.717, 1.165) is 16.1 Å². The maximum atomic E-state index is 12.3. The molecule has 0 saturated heterocycles. The van der Waals surface area contributed by atoms with E-state index in [4.69, 9.17) is 34.8 Å². The van der Waals surface area contributed by atoms with E-state index in [2.05, 4.69) is 5.32 Å². The molecule has 2 rings (SSSR count). The van der Waals surface area contributed by atoms with Crippen molar-refractivity contribution in [1.82, 2.24) is 5.32 Å². The summed E-state index contributed by atoms with van der Waals surface area (Å²) < 4.78 is 25.2. The Morgan fingerprint density at radius 2 is 1.77 bits per heavy atom. The average Bonchev–Trinajstić information content (AvgIpc) is 2.53. The van der Waals surface area contributed by atoms with Gasteiger partial charge in [0.1, 0.15) is 6.54 Å². The van der Waals surface area contributed by atoms with Gasteiger partial charge in [-0.3, -0.25) is 9.10 Å². The molecule has 1 amide bonds. The molecule has 1 N–H and O–H groups in total. The van der Waals surface area contributed by atoms with Gasteiger partial charge in [0.15, 0.2) is 0 Å². The number of carbonyl (C=O) groups excluding carboxylic acids is 1. The molecule has 0 aliphatic heterocycles. The van der Waals surface area contributed by atoms with Crippen molar-refractivity contribution >= 4 is 56.4 Å². The Hall–Kier alpha value is -1.47. The third kappa shape index (κ3) is 5.51. The van der Waals surface area contributed by atoms with Crippen LogP contribution in [0.2, 0.25) is 15.1 Å². The SMILES string of the molecule is Cc1ccc(N(CC(=O)NCc2ccc(Cl)cc2Cl)S(C)(=O)=O)cc1Cl. The third-order valence-electron chi connectivity index (χ3n) is 3.62. The van der Waals surface area contributed by atoms with Crippen LogP contribution >= 0.6 is 34.8 Å². The van der Waals surface area contributed by atoms with Gasteiger partial charge in [-0.2, -0.15) is 0 Å². The number of hydrogen-bond acceptors (Lipinski definition) is 3. The van der Waals surface area contributed by atoms with Gasteiger partial charge in [-0.15, -0.1) is 0 Å². The minimum Gasteiger partial charge on any atom is -0.350 e. The number of carbonyl (C=O) groups is 1. The molecule has 0 heterocycles. The van der Waals surface area contributed by atoms with Crippen molar-refractivity contribution in [3.8, 4) is 0 Å². The van der Waals surface area contributed by atoms with Crippen LogP contribution in [-0.4, -0.2) is 27.1 Å². The van der Waals surface area contributed by atoms with Crippen LogP contribution in [0.3, 0.4) is 0 Å². The Labute approximate surface area is 167 Å². The third-order valence-corrected chi connectivity index (χ3v) is 5.76. The number of aryl methyl sites for hydroxylation is 1. The molecule has 0 aliphatic carbocycles. The fourth-order valence-corrected chi connectivity index (χ4v) is 3.68. The quantitative estimate of drug-likeness (QED) is 0.745. The van der Waals surface area contributed by atoms with Crippen LogP contribution in [0.5, 0.6) is 0 Å². The second kappa shape index (κ2) is 8.48. The average molecular weight is 436 g/mol. The molecule has 0 radical (unpaired) electrons. The Bertz CT molecular complexity index is 933. The van der Waals surface area contributed by atoms with Crippen LogP contribution < -0.4 is 9.62 Å². The predicted octanol–water partition coefficient (Wildman–Crippen LogP) is 4.04. The topological polar surface area (TPSA) is 66.5 Å². The highest BCUT2D eigenvalue weighted by Gasteiger charge is 2.21. The fraction of sp³-hybridized carbons (Fsp3) is 0.235. The van der Waals surface area contributed by atoms with Gasteiger partial charge in [-0.25, -0.2) is 8.42 Å². The Kier molecular flexibility index (Phi) is 6.80. The molecule has 0 aromatic heterocycles. The molecule has 2 aromatic carbocycles. The van der Waals surface area contributed by atoms with Gasteiger partial charge in [0.25, 0.3) is 0 Å². The Morgan fingerprint density at radius 1 is 1.08 bits per heavy atom. The van der Waals surface area contributed by atoms with Crippen molar-refractivity contribution in [2.24, 2.45) is 0 Å². The lowest BCUT2D eigenvalue weighted by Crippen LogP contribution is -2.40.